The molecule has 0 aliphatic rings. The van der Waals surface area contributed by atoms with E-state index in [0.717, 1.165) is 0 Å². The summed E-state index contributed by atoms with van der Waals surface area (Å²) in [5.74, 6) is -4.25. The Hall–Kier alpha value is -1.70. The number of rotatable bonds is 4. The average Bonchev–Trinajstić information content (AvgIpc) is 2.22. The van der Waals surface area contributed by atoms with Crippen molar-refractivity contribution < 1.29 is 27.1 Å². The number of anilines is 1. The van der Waals surface area contributed by atoms with Crippen LogP contribution in [0.25, 0.3) is 0 Å². The molecule has 5 nitrogen and oxygen atoms in total. The molecule has 1 aromatic carbocycles. The Balaban J connectivity index is 3.32. The molecule has 2 N–H and O–H groups in total. The van der Waals surface area contributed by atoms with E-state index < -0.39 is 44.1 Å². The average molecular weight is 279 g/mol. The lowest BCUT2D eigenvalue weighted by atomic mass is 10.2. The summed E-state index contributed by atoms with van der Waals surface area (Å²) in [6.45, 7) is 2.73. The molecule has 0 radical (unpaired) electrons. The zero-order valence-electron chi connectivity index (χ0n) is 9.57. The van der Waals surface area contributed by atoms with Crippen molar-refractivity contribution in [2.75, 3.05) is 4.72 Å². The SMILES string of the molecule is CC(C)S(=O)(=O)Nc1cc(F)c(F)cc1C(=O)O. The molecule has 0 bridgehead atoms. The minimum absolute atomic E-state index is 0.426. The van der Waals surface area contributed by atoms with Crippen molar-refractivity contribution in [1.82, 2.24) is 0 Å². The van der Waals surface area contributed by atoms with Gasteiger partial charge in [-0.1, -0.05) is 0 Å². The molecule has 0 heterocycles. The molecular weight excluding hydrogens is 268 g/mol. The fraction of sp³-hybridized carbons (Fsp3) is 0.300. The van der Waals surface area contributed by atoms with Crippen LogP contribution in [-0.2, 0) is 10.0 Å². The Labute approximate surface area is 102 Å². The molecule has 1 rings (SSSR count). The Kier molecular flexibility index (Phi) is 3.90. The predicted octanol–water partition coefficient (Wildman–Crippen LogP) is 1.81. The van der Waals surface area contributed by atoms with Gasteiger partial charge in [-0.15, -0.1) is 0 Å². The Morgan fingerprint density at radius 1 is 1.28 bits per heavy atom. The summed E-state index contributed by atoms with van der Waals surface area (Å²) in [6, 6.07) is 0.925. The number of benzene rings is 1. The molecule has 0 amide bonds. The van der Waals surface area contributed by atoms with E-state index in [2.05, 4.69) is 0 Å². The van der Waals surface area contributed by atoms with E-state index >= 15 is 0 Å². The third kappa shape index (κ3) is 2.95. The van der Waals surface area contributed by atoms with Gasteiger partial charge in [0.05, 0.1) is 16.5 Å². The van der Waals surface area contributed by atoms with E-state index in [4.69, 9.17) is 5.11 Å². The van der Waals surface area contributed by atoms with Gasteiger partial charge in [-0.3, -0.25) is 4.72 Å². The van der Waals surface area contributed by atoms with E-state index in [1.807, 2.05) is 4.72 Å². The lowest BCUT2D eigenvalue weighted by Crippen LogP contribution is -2.24. The molecule has 18 heavy (non-hydrogen) atoms. The van der Waals surface area contributed by atoms with E-state index in [-0.39, 0.29) is 0 Å². The number of aromatic carboxylic acids is 1. The van der Waals surface area contributed by atoms with Crippen LogP contribution in [-0.4, -0.2) is 24.7 Å². The van der Waals surface area contributed by atoms with Crippen LogP contribution in [0.1, 0.15) is 24.2 Å². The molecule has 0 unspecified atom stereocenters. The highest BCUT2D eigenvalue weighted by molar-refractivity contribution is 7.93. The van der Waals surface area contributed by atoms with Gasteiger partial charge < -0.3 is 5.11 Å². The van der Waals surface area contributed by atoms with Crippen LogP contribution in [0, 0.1) is 11.6 Å². The molecule has 0 aromatic heterocycles. The standard InChI is InChI=1S/C10H11F2NO4S/c1-5(2)18(16,17)13-9-4-8(12)7(11)3-6(9)10(14)15/h3-5,13H,1-2H3,(H,14,15). The summed E-state index contributed by atoms with van der Waals surface area (Å²) in [4.78, 5) is 10.8. The fourth-order valence-electron chi connectivity index (χ4n) is 1.08. The molecule has 1 aromatic rings. The Morgan fingerprint density at radius 3 is 2.22 bits per heavy atom. The van der Waals surface area contributed by atoms with Gasteiger partial charge in [0.25, 0.3) is 0 Å². The van der Waals surface area contributed by atoms with Gasteiger partial charge in [0.2, 0.25) is 10.0 Å². The summed E-state index contributed by atoms with van der Waals surface area (Å²) < 4.78 is 50.9. The van der Waals surface area contributed by atoms with Crippen LogP contribution in [0.15, 0.2) is 12.1 Å². The van der Waals surface area contributed by atoms with Gasteiger partial charge >= 0.3 is 5.97 Å². The number of hydrogen-bond acceptors (Lipinski definition) is 3. The molecule has 0 aliphatic carbocycles. The maximum absolute atomic E-state index is 13.0. The molecule has 100 valence electrons. The monoisotopic (exact) mass is 279 g/mol. The second-order valence-corrected chi connectivity index (χ2v) is 6.05. The van der Waals surface area contributed by atoms with Crippen LogP contribution in [0.2, 0.25) is 0 Å². The lowest BCUT2D eigenvalue weighted by molar-refractivity contribution is 0.0697. The molecular formula is C10H11F2NO4S. The van der Waals surface area contributed by atoms with Crippen LogP contribution in [0.4, 0.5) is 14.5 Å². The molecule has 8 heteroatoms. The van der Waals surface area contributed by atoms with Gasteiger partial charge in [0, 0.05) is 6.07 Å². The van der Waals surface area contributed by atoms with Crippen molar-refractivity contribution in [3.8, 4) is 0 Å². The molecule has 0 atom stereocenters. The lowest BCUT2D eigenvalue weighted by Gasteiger charge is -2.13. The van der Waals surface area contributed by atoms with Crippen molar-refractivity contribution in [3.63, 3.8) is 0 Å². The second-order valence-electron chi connectivity index (χ2n) is 3.81. The molecule has 0 spiro atoms. The van der Waals surface area contributed by atoms with Gasteiger partial charge in [-0.25, -0.2) is 22.0 Å². The summed E-state index contributed by atoms with van der Waals surface area (Å²) in [6.07, 6.45) is 0. The number of carbonyl (C=O) groups is 1. The first kappa shape index (κ1) is 14.4. The number of nitrogens with one attached hydrogen (secondary N) is 1. The van der Waals surface area contributed by atoms with E-state index in [9.17, 15) is 22.0 Å². The van der Waals surface area contributed by atoms with Crippen LogP contribution >= 0.6 is 0 Å². The summed E-state index contributed by atoms with van der Waals surface area (Å²) in [5, 5.41) is 7.95. The normalized spacial score (nSPS) is 11.6. The first-order chi connectivity index (χ1) is 8.15. The molecule has 0 aliphatic heterocycles. The minimum atomic E-state index is -3.84. The van der Waals surface area contributed by atoms with Crippen molar-refractivity contribution in [3.05, 3.63) is 29.3 Å². The number of carboxylic acids is 1. The Bertz CT molecular complexity index is 584. The fourth-order valence-corrected chi connectivity index (χ4v) is 1.79. The topological polar surface area (TPSA) is 83.5 Å². The third-order valence-electron chi connectivity index (χ3n) is 2.16. The molecule has 0 saturated heterocycles. The van der Waals surface area contributed by atoms with E-state index in [1.54, 1.807) is 0 Å². The number of hydrogen-bond donors (Lipinski definition) is 2. The van der Waals surface area contributed by atoms with Crippen molar-refractivity contribution >= 4 is 21.7 Å². The first-order valence-corrected chi connectivity index (χ1v) is 6.43. The maximum atomic E-state index is 13.0. The Morgan fingerprint density at radius 2 is 1.78 bits per heavy atom. The van der Waals surface area contributed by atoms with Crippen molar-refractivity contribution in [2.24, 2.45) is 0 Å². The van der Waals surface area contributed by atoms with Gasteiger partial charge in [-0.05, 0) is 19.9 Å². The van der Waals surface area contributed by atoms with Crippen LogP contribution in [0.3, 0.4) is 0 Å². The first-order valence-electron chi connectivity index (χ1n) is 4.89. The van der Waals surface area contributed by atoms with Crippen molar-refractivity contribution in [2.45, 2.75) is 19.1 Å². The third-order valence-corrected chi connectivity index (χ3v) is 3.91. The number of carboxylic acid groups (broad SMARTS) is 1. The number of halogens is 2. The highest BCUT2D eigenvalue weighted by Gasteiger charge is 2.21. The second kappa shape index (κ2) is 4.89. The van der Waals surface area contributed by atoms with E-state index in [1.165, 1.54) is 13.8 Å². The highest BCUT2D eigenvalue weighted by atomic mass is 32.2. The number of sulfonamides is 1. The highest BCUT2D eigenvalue weighted by Crippen LogP contribution is 2.22. The minimum Gasteiger partial charge on any atom is -0.478 e. The van der Waals surface area contributed by atoms with E-state index in [0.29, 0.717) is 12.1 Å². The zero-order chi connectivity index (χ0) is 14.1. The molecule has 0 saturated carbocycles. The predicted molar refractivity (Wildman–Crippen MR) is 61.0 cm³/mol. The van der Waals surface area contributed by atoms with Gasteiger partial charge in [0.1, 0.15) is 0 Å². The van der Waals surface area contributed by atoms with Crippen LogP contribution in [0.5, 0.6) is 0 Å². The zero-order valence-corrected chi connectivity index (χ0v) is 10.4. The quantitative estimate of drug-likeness (QED) is 0.880. The van der Waals surface area contributed by atoms with Gasteiger partial charge in [-0.2, -0.15) is 0 Å². The van der Waals surface area contributed by atoms with Crippen molar-refractivity contribution in [1.29, 1.82) is 0 Å². The van der Waals surface area contributed by atoms with Crippen LogP contribution < -0.4 is 4.72 Å². The largest absolute Gasteiger partial charge is 0.478 e. The smallest absolute Gasteiger partial charge is 0.337 e. The summed E-state index contributed by atoms with van der Waals surface area (Å²) in [7, 11) is -3.84. The molecule has 0 fully saturated rings. The summed E-state index contributed by atoms with van der Waals surface area (Å²) in [5.41, 5.74) is -1.16. The maximum Gasteiger partial charge on any atom is 0.337 e. The summed E-state index contributed by atoms with van der Waals surface area (Å²) >= 11 is 0. The van der Waals surface area contributed by atoms with Gasteiger partial charge in [0.15, 0.2) is 11.6 Å².